The molecule has 1 N–H and O–H groups in total. The third kappa shape index (κ3) is 2.26. The van der Waals surface area contributed by atoms with Crippen molar-refractivity contribution in [1.82, 2.24) is 10.2 Å². The Labute approximate surface area is 105 Å². The van der Waals surface area contributed by atoms with Crippen LogP contribution in [0.25, 0.3) is 0 Å². The molecule has 2 aliphatic heterocycles. The number of hydrogen-bond donors (Lipinski definition) is 1. The number of hydrogen-bond acceptors (Lipinski definition) is 2. The molecular weight excluding hydrogens is 208 g/mol. The monoisotopic (exact) mass is 232 g/mol. The van der Waals surface area contributed by atoms with Gasteiger partial charge in [-0.2, -0.15) is 0 Å². The Hall–Kier alpha value is -1.18. The summed E-state index contributed by atoms with van der Waals surface area (Å²) in [7, 11) is 0. The van der Waals surface area contributed by atoms with E-state index in [2.05, 4.69) is 56.6 Å². The van der Waals surface area contributed by atoms with E-state index in [0.717, 1.165) is 6.54 Å². The minimum atomic E-state index is 0.620. The standard InChI is InChI=1S/C15H24N2/c1-6-7-13(10(2)3)17-9-14(17)15-11(4)8-16-12(15)5/h6-7,11,14-16H,5,8-9H2,1-4H3/b7-6-. The van der Waals surface area contributed by atoms with Crippen molar-refractivity contribution in [3.05, 3.63) is 35.7 Å². The second-order valence-corrected chi connectivity index (χ2v) is 5.51. The van der Waals surface area contributed by atoms with Crippen LogP contribution < -0.4 is 5.32 Å². The van der Waals surface area contributed by atoms with Crippen molar-refractivity contribution < 1.29 is 0 Å². The molecule has 0 aromatic rings. The summed E-state index contributed by atoms with van der Waals surface area (Å²) in [6.07, 6.45) is 4.36. The van der Waals surface area contributed by atoms with E-state index in [1.54, 1.807) is 0 Å². The molecule has 0 bridgehead atoms. The number of nitrogens with one attached hydrogen (secondary N) is 1. The minimum absolute atomic E-state index is 0.620. The van der Waals surface area contributed by atoms with Gasteiger partial charge in [0.1, 0.15) is 0 Å². The van der Waals surface area contributed by atoms with Crippen molar-refractivity contribution in [3.63, 3.8) is 0 Å². The zero-order chi connectivity index (χ0) is 12.6. The molecule has 2 rings (SSSR count). The minimum Gasteiger partial charge on any atom is -0.388 e. The first-order valence-corrected chi connectivity index (χ1v) is 6.55. The molecule has 0 radical (unpaired) electrons. The van der Waals surface area contributed by atoms with E-state index in [4.69, 9.17) is 0 Å². The smallest absolute Gasteiger partial charge is 0.0551 e. The first kappa shape index (κ1) is 12.3. The van der Waals surface area contributed by atoms with E-state index in [1.165, 1.54) is 23.5 Å². The fraction of sp³-hybridized carbons (Fsp3) is 0.600. The summed E-state index contributed by atoms with van der Waals surface area (Å²) in [6, 6.07) is 0.661. The highest BCUT2D eigenvalue weighted by Gasteiger charge is 2.46. The summed E-state index contributed by atoms with van der Waals surface area (Å²) >= 11 is 0. The molecule has 2 nitrogen and oxygen atoms in total. The number of rotatable bonds is 3. The molecule has 17 heavy (non-hydrogen) atoms. The highest BCUT2D eigenvalue weighted by molar-refractivity contribution is 5.30. The lowest BCUT2D eigenvalue weighted by molar-refractivity contribution is 0.425. The molecule has 3 atom stereocenters. The molecule has 0 saturated carbocycles. The molecule has 2 fully saturated rings. The van der Waals surface area contributed by atoms with Crippen LogP contribution in [0.1, 0.15) is 27.7 Å². The zero-order valence-electron chi connectivity index (χ0n) is 11.5. The van der Waals surface area contributed by atoms with Crippen molar-refractivity contribution in [2.75, 3.05) is 13.1 Å². The quantitative estimate of drug-likeness (QED) is 0.594. The largest absolute Gasteiger partial charge is 0.388 e. The first-order chi connectivity index (χ1) is 8.06. The number of nitrogens with zero attached hydrogens (tertiary/aromatic N) is 1. The van der Waals surface area contributed by atoms with Crippen LogP contribution >= 0.6 is 0 Å². The predicted molar refractivity (Wildman–Crippen MR) is 73.5 cm³/mol. The maximum atomic E-state index is 4.16. The molecule has 3 unspecified atom stereocenters. The van der Waals surface area contributed by atoms with Crippen LogP contribution in [0, 0.1) is 11.8 Å². The van der Waals surface area contributed by atoms with Crippen LogP contribution in [0.4, 0.5) is 0 Å². The molecule has 0 aliphatic carbocycles. The van der Waals surface area contributed by atoms with Crippen LogP contribution in [-0.4, -0.2) is 24.0 Å². The average Bonchev–Trinajstić information content (AvgIpc) is 2.95. The van der Waals surface area contributed by atoms with Crippen LogP contribution in [-0.2, 0) is 0 Å². The number of allylic oxidation sites excluding steroid dienone is 3. The molecule has 2 aliphatic rings. The van der Waals surface area contributed by atoms with Crippen LogP contribution in [0.5, 0.6) is 0 Å². The van der Waals surface area contributed by atoms with Gasteiger partial charge >= 0.3 is 0 Å². The van der Waals surface area contributed by atoms with Crippen molar-refractivity contribution in [2.24, 2.45) is 11.8 Å². The normalized spacial score (nSPS) is 31.9. The second-order valence-electron chi connectivity index (χ2n) is 5.51. The van der Waals surface area contributed by atoms with Gasteiger partial charge in [0.05, 0.1) is 6.04 Å². The van der Waals surface area contributed by atoms with Gasteiger partial charge in [-0.3, -0.25) is 0 Å². The fourth-order valence-corrected chi connectivity index (χ4v) is 2.94. The third-order valence-corrected chi connectivity index (χ3v) is 3.88. The van der Waals surface area contributed by atoms with Crippen LogP contribution in [0.2, 0.25) is 0 Å². The average molecular weight is 232 g/mol. The summed E-state index contributed by atoms with van der Waals surface area (Å²) in [6.45, 7) is 15.2. The van der Waals surface area contributed by atoms with Crippen LogP contribution in [0.15, 0.2) is 35.7 Å². The SMILES string of the molecule is C=C1NCC(C)C1C1CN1C(/C=C\C)=C(C)C. The molecule has 2 saturated heterocycles. The molecule has 94 valence electrons. The summed E-state index contributed by atoms with van der Waals surface area (Å²) in [5, 5.41) is 3.41. The Bertz CT molecular complexity index is 374. The van der Waals surface area contributed by atoms with Gasteiger partial charge in [0.15, 0.2) is 0 Å². The molecule has 2 heteroatoms. The third-order valence-electron chi connectivity index (χ3n) is 3.88. The second kappa shape index (κ2) is 4.59. The van der Waals surface area contributed by atoms with E-state index in [0.29, 0.717) is 17.9 Å². The van der Waals surface area contributed by atoms with Crippen molar-refractivity contribution in [2.45, 2.75) is 33.7 Å². The van der Waals surface area contributed by atoms with E-state index < -0.39 is 0 Å². The lowest BCUT2D eigenvalue weighted by atomic mass is 9.92. The Morgan fingerprint density at radius 2 is 2.18 bits per heavy atom. The zero-order valence-corrected chi connectivity index (χ0v) is 11.5. The maximum Gasteiger partial charge on any atom is 0.0551 e. The molecular formula is C15H24N2. The Kier molecular flexibility index (Phi) is 3.32. The highest BCUT2D eigenvalue weighted by atomic mass is 15.3. The van der Waals surface area contributed by atoms with Gasteiger partial charge in [0.25, 0.3) is 0 Å². The summed E-state index contributed by atoms with van der Waals surface area (Å²) in [5.74, 6) is 1.33. The van der Waals surface area contributed by atoms with E-state index in [9.17, 15) is 0 Å². The van der Waals surface area contributed by atoms with E-state index >= 15 is 0 Å². The summed E-state index contributed by atoms with van der Waals surface area (Å²) in [4.78, 5) is 2.51. The first-order valence-electron chi connectivity index (χ1n) is 6.55. The van der Waals surface area contributed by atoms with Crippen LogP contribution in [0.3, 0.4) is 0 Å². The summed E-state index contributed by atoms with van der Waals surface area (Å²) in [5.41, 5.74) is 4.03. The molecule has 0 aromatic heterocycles. The van der Waals surface area contributed by atoms with Gasteiger partial charge in [-0.1, -0.05) is 25.2 Å². The van der Waals surface area contributed by atoms with Crippen molar-refractivity contribution in [1.29, 1.82) is 0 Å². The van der Waals surface area contributed by atoms with Crippen molar-refractivity contribution in [3.8, 4) is 0 Å². The van der Waals surface area contributed by atoms with Gasteiger partial charge in [-0.25, -0.2) is 0 Å². The predicted octanol–water partition coefficient (Wildman–Crippen LogP) is 2.91. The Morgan fingerprint density at radius 1 is 1.47 bits per heavy atom. The van der Waals surface area contributed by atoms with Gasteiger partial charge < -0.3 is 10.2 Å². The van der Waals surface area contributed by atoms with Gasteiger partial charge in [-0.15, -0.1) is 0 Å². The van der Waals surface area contributed by atoms with E-state index in [1.807, 2.05) is 0 Å². The maximum absolute atomic E-state index is 4.16. The summed E-state index contributed by atoms with van der Waals surface area (Å²) < 4.78 is 0. The van der Waals surface area contributed by atoms with Crippen molar-refractivity contribution >= 4 is 0 Å². The molecule has 2 heterocycles. The lowest BCUT2D eigenvalue weighted by Gasteiger charge is -2.17. The van der Waals surface area contributed by atoms with Gasteiger partial charge in [-0.05, 0) is 32.8 Å². The Morgan fingerprint density at radius 3 is 2.65 bits per heavy atom. The topological polar surface area (TPSA) is 15.0 Å². The van der Waals surface area contributed by atoms with E-state index in [-0.39, 0.29) is 0 Å². The van der Waals surface area contributed by atoms with Gasteiger partial charge in [0, 0.05) is 30.4 Å². The lowest BCUT2D eigenvalue weighted by Crippen LogP contribution is -2.18. The molecule has 0 spiro atoms. The van der Waals surface area contributed by atoms with Gasteiger partial charge in [0.2, 0.25) is 0 Å². The molecule has 0 aromatic carbocycles. The Balaban J connectivity index is 2.10. The fourth-order valence-electron chi connectivity index (χ4n) is 2.94. The highest BCUT2D eigenvalue weighted by Crippen LogP contribution is 2.40. The molecule has 0 amide bonds.